The number of halogens is 1. The summed E-state index contributed by atoms with van der Waals surface area (Å²) >= 11 is 0. The topological polar surface area (TPSA) is 41.8 Å². The molecule has 0 saturated carbocycles. The van der Waals surface area contributed by atoms with E-state index in [9.17, 15) is 9.50 Å². The lowest BCUT2D eigenvalue weighted by Crippen LogP contribution is -2.09. The second-order valence-electron chi connectivity index (χ2n) is 8.00. The van der Waals surface area contributed by atoms with Crippen LogP contribution in [0.15, 0.2) is 59.6 Å². The van der Waals surface area contributed by atoms with Gasteiger partial charge in [-0.25, -0.2) is 4.39 Å². The normalized spacial score (nSPS) is 13.6. The molecule has 32 heavy (non-hydrogen) atoms. The molecule has 0 aliphatic heterocycles. The van der Waals surface area contributed by atoms with Crippen LogP contribution in [0, 0.1) is 11.7 Å². The number of benzene rings is 2. The van der Waals surface area contributed by atoms with E-state index in [4.69, 9.17) is 9.73 Å². The van der Waals surface area contributed by atoms with Crippen molar-refractivity contribution in [1.29, 1.82) is 0 Å². The number of hydrogen-bond acceptors (Lipinski definition) is 3. The molecule has 1 atom stereocenters. The quantitative estimate of drug-likeness (QED) is 0.222. The molecule has 3 nitrogen and oxygen atoms in total. The van der Waals surface area contributed by atoms with Crippen LogP contribution in [-0.2, 0) is 0 Å². The summed E-state index contributed by atoms with van der Waals surface area (Å²) in [7, 11) is 1.66. The van der Waals surface area contributed by atoms with Gasteiger partial charge in [-0.3, -0.25) is 4.99 Å². The van der Waals surface area contributed by atoms with Crippen LogP contribution >= 0.6 is 0 Å². The predicted octanol–water partition coefficient (Wildman–Crippen LogP) is 7.76. The molecule has 0 amide bonds. The van der Waals surface area contributed by atoms with E-state index in [-0.39, 0.29) is 12.4 Å². The lowest BCUT2D eigenvalue weighted by atomic mass is 9.95. The Kier molecular flexibility index (Phi) is 10.4. The minimum atomic E-state index is -0.260. The number of aliphatic hydroxyl groups is 1. The van der Waals surface area contributed by atoms with Crippen molar-refractivity contribution in [1.82, 2.24) is 0 Å². The van der Waals surface area contributed by atoms with E-state index in [1.54, 1.807) is 19.2 Å². The third kappa shape index (κ3) is 6.89. The molecule has 0 bridgehead atoms. The van der Waals surface area contributed by atoms with Gasteiger partial charge in [0, 0.05) is 23.8 Å². The van der Waals surface area contributed by atoms with Crippen LogP contribution in [0.3, 0.4) is 0 Å². The van der Waals surface area contributed by atoms with Crippen LogP contribution < -0.4 is 4.74 Å². The fourth-order valence-electron chi connectivity index (χ4n) is 3.71. The SMILES string of the molecule is CC=CCC(CC)C(C)=Nc1c(OC)cc(-c2ccc(F)cc2)cc1/C(C)=C/CCCO. The molecule has 0 fully saturated rings. The predicted molar refractivity (Wildman–Crippen MR) is 134 cm³/mol. The molecular formula is C28H36FNO2. The number of unbranched alkanes of at least 4 members (excludes halogenated alkanes) is 1. The second kappa shape index (κ2) is 13.0. The van der Waals surface area contributed by atoms with E-state index >= 15 is 0 Å². The van der Waals surface area contributed by atoms with Crippen molar-refractivity contribution in [3.05, 3.63) is 66.0 Å². The first-order chi connectivity index (χ1) is 15.4. The van der Waals surface area contributed by atoms with E-state index < -0.39 is 0 Å². The standard InChI is InChI=1S/C28H36FNO2/c1-6-8-12-22(7-2)21(4)30-28-26(20(3)11-9-10-17-31)18-24(19-27(28)32-5)23-13-15-25(29)16-14-23/h6,8,11,13-16,18-19,22,31H,7,9-10,12,17H2,1-5H3/b8-6?,20-11+,30-21?. The zero-order chi connectivity index (χ0) is 23.5. The van der Waals surface area contributed by atoms with Crippen molar-refractivity contribution in [2.24, 2.45) is 10.9 Å². The molecule has 4 heteroatoms. The van der Waals surface area contributed by atoms with Gasteiger partial charge in [0.25, 0.3) is 0 Å². The van der Waals surface area contributed by atoms with Crippen molar-refractivity contribution in [3.63, 3.8) is 0 Å². The molecule has 2 rings (SSSR count). The summed E-state index contributed by atoms with van der Waals surface area (Å²) in [5.41, 5.74) is 5.82. The average molecular weight is 438 g/mol. The van der Waals surface area contributed by atoms with Crippen LogP contribution in [-0.4, -0.2) is 24.5 Å². The highest BCUT2D eigenvalue weighted by Gasteiger charge is 2.16. The van der Waals surface area contributed by atoms with Gasteiger partial charge in [-0.05, 0) is 87.4 Å². The molecular weight excluding hydrogens is 401 g/mol. The van der Waals surface area contributed by atoms with Crippen molar-refractivity contribution in [2.45, 2.75) is 53.4 Å². The van der Waals surface area contributed by atoms with Crippen LogP contribution in [0.1, 0.15) is 58.9 Å². The highest BCUT2D eigenvalue weighted by atomic mass is 19.1. The first-order valence-corrected chi connectivity index (χ1v) is 11.4. The maximum absolute atomic E-state index is 13.5. The van der Waals surface area contributed by atoms with E-state index in [1.807, 2.05) is 13.0 Å². The van der Waals surface area contributed by atoms with E-state index in [0.29, 0.717) is 18.1 Å². The van der Waals surface area contributed by atoms with Crippen LogP contribution in [0.2, 0.25) is 0 Å². The van der Waals surface area contributed by atoms with Gasteiger partial charge in [0.2, 0.25) is 0 Å². The Hall–Kier alpha value is -2.72. The molecule has 2 aromatic rings. The molecule has 1 N–H and O–H groups in total. The van der Waals surface area contributed by atoms with E-state index in [0.717, 1.165) is 52.9 Å². The minimum Gasteiger partial charge on any atom is -0.494 e. The number of rotatable bonds is 11. The van der Waals surface area contributed by atoms with Crippen molar-refractivity contribution < 1.29 is 14.2 Å². The van der Waals surface area contributed by atoms with E-state index in [2.05, 4.69) is 45.1 Å². The van der Waals surface area contributed by atoms with Gasteiger partial charge in [0.1, 0.15) is 17.3 Å². The summed E-state index contributed by atoms with van der Waals surface area (Å²) in [5.74, 6) is 0.792. The van der Waals surface area contributed by atoms with Gasteiger partial charge < -0.3 is 9.84 Å². The number of methoxy groups -OCH3 is 1. The molecule has 0 aliphatic rings. The summed E-state index contributed by atoms with van der Waals surface area (Å²) in [6.07, 6.45) is 9.86. The molecule has 0 aromatic heterocycles. The highest BCUT2D eigenvalue weighted by molar-refractivity contribution is 5.91. The number of ether oxygens (including phenoxy) is 1. The van der Waals surface area contributed by atoms with Gasteiger partial charge in [-0.15, -0.1) is 0 Å². The third-order valence-electron chi connectivity index (χ3n) is 5.74. The van der Waals surface area contributed by atoms with Crippen molar-refractivity contribution >= 4 is 17.0 Å². The molecule has 1 unspecified atom stereocenters. The number of nitrogens with zero attached hydrogens (tertiary/aromatic N) is 1. The first-order valence-electron chi connectivity index (χ1n) is 11.4. The van der Waals surface area contributed by atoms with Gasteiger partial charge in [-0.2, -0.15) is 0 Å². The number of aliphatic hydroxyl groups excluding tert-OH is 1. The largest absolute Gasteiger partial charge is 0.494 e. The summed E-state index contributed by atoms with van der Waals surface area (Å²) in [5, 5.41) is 9.17. The van der Waals surface area contributed by atoms with Gasteiger partial charge in [0.05, 0.1) is 7.11 Å². The number of hydrogen-bond donors (Lipinski definition) is 1. The Labute approximate surface area is 192 Å². The summed E-state index contributed by atoms with van der Waals surface area (Å²) < 4.78 is 19.2. The van der Waals surface area contributed by atoms with Crippen molar-refractivity contribution in [2.75, 3.05) is 13.7 Å². The molecule has 172 valence electrons. The Morgan fingerprint density at radius 2 is 1.88 bits per heavy atom. The molecule has 0 aliphatic carbocycles. The van der Waals surface area contributed by atoms with Gasteiger partial charge >= 0.3 is 0 Å². The van der Waals surface area contributed by atoms with Crippen LogP contribution in [0.5, 0.6) is 5.75 Å². The lowest BCUT2D eigenvalue weighted by Gasteiger charge is -2.18. The molecule has 2 aromatic carbocycles. The maximum atomic E-state index is 13.5. The molecule has 0 radical (unpaired) electrons. The molecule has 0 saturated heterocycles. The fourth-order valence-corrected chi connectivity index (χ4v) is 3.71. The van der Waals surface area contributed by atoms with E-state index in [1.165, 1.54) is 12.1 Å². The highest BCUT2D eigenvalue weighted by Crippen LogP contribution is 2.41. The Bertz CT molecular complexity index is 958. The van der Waals surface area contributed by atoms with Gasteiger partial charge in [-0.1, -0.05) is 37.3 Å². The average Bonchev–Trinajstić information content (AvgIpc) is 2.80. The second-order valence-corrected chi connectivity index (χ2v) is 8.00. The van der Waals surface area contributed by atoms with Crippen molar-refractivity contribution in [3.8, 4) is 16.9 Å². The summed E-state index contributed by atoms with van der Waals surface area (Å²) in [4.78, 5) is 5.06. The fraction of sp³-hybridized carbons (Fsp3) is 0.393. The minimum absolute atomic E-state index is 0.163. The summed E-state index contributed by atoms with van der Waals surface area (Å²) in [6, 6.07) is 10.5. The number of allylic oxidation sites excluding steroid dienone is 4. The Morgan fingerprint density at radius 1 is 1.16 bits per heavy atom. The smallest absolute Gasteiger partial charge is 0.145 e. The van der Waals surface area contributed by atoms with Crippen LogP contribution in [0.4, 0.5) is 10.1 Å². The van der Waals surface area contributed by atoms with Gasteiger partial charge in [0.15, 0.2) is 0 Å². The molecule has 0 spiro atoms. The maximum Gasteiger partial charge on any atom is 0.145 e. The Morgan fingerprint density at radius 3 is 2.47 bits per heavy atom. The number of aliphatic imine (C=N–C) groups is 1. The zero-order valence-corrected chi connectivity index (χ0v) is 20.0. The zero-order valence-electron chi connectivity index (χ0n) is 20.0. The molecule has 0 heterocycles. The van der Waals surface area contributed by atoms with Crippen LogP contribution in [0.25, 0.3) is 16.7 Å². The first kappa shape index (κ1) is 25.5. The third-order valence-corrected chi connectivity index (χ3v) is 5.74. The Balaban J connectivity index is 2.65. The summed E-state index contributed by atoms with van der Waals surface area (Å²) in [6.45, 7) is 8.53. The lowest BCUT2D eigenvalue weighted by molar-refractivity contribution is 0.289. The monoisotopic (exact) mass is 437 g/mol.